The molecule has 4 nitrogen and oxygen atoms in total. The van der Waals surface area contributed by atoms with E-state index in [1.165, 1.54) is 0 Å². The van der Waals surface area contributed by atoms with Gasteiger partial charge in [0.25, 0.3) is 0 Å². The minimum atomic E-state index is 0.484. The number of rotatable bonds is 3. The van der Waals surface area contributed by atoms with E-state index in [-0.39, 0.29) is 0 Å². The van der Waals surface area contributed by atoms with Gasteiger partial charge in [0, 0.05) is 12.7 Å². The second-order valence-corrected chi connectivity index (χ2v) is 3.20. The van der Waals surface area contributed by atoms with Crippen LogP contribution in [0.2, 0.25) is 5.15 Å². The van der Waals surface area contributed by atoms with Gasteiger partial charge in [0.1, 0.15) is 5.15 Å². The normalized spacial score (nSPS) is 11.0. The summed E-state index contributed by atoms with van der Waals surface area (Å²) in [5, 5.41) is 4.57. The first-order valence-electron chi connectivity index (χ1n) is 4.38. The Balaban J connectivity index is 2.38. The molecule has 0 atom stereocenters. The molecule has 0 aliphatic carbocycles. The fourth-order valence-electron chi connectivity index (χ4n) is 1.20. The zero-order valence-electron chi connectivity index (χ0n) is 7.77. The average Bonchev–Trinajstić information content (AvgIpc) is 2.63. The predicted molar refractivity (Wildman–Crippen MR) is 53.3 cm³/mol. The number of nitrogens with zero attached hydrogens (tertiary/aromatic N) is 3. The first kappa shape index (κ1) is 9.43. The minimum Gasteiger partial charge on any atom is -0.375 e. The van der Waals surface area contributed by atoms with Crippen LogP contribution in [0.5, 0.6) is 0 Å². The van der Waals surface area contributed by atoms with Gasteiger partial charge < -0.3 is 4.74 Å². The second-order valence-electron chi connectivity index (χ2n) is 2.81. The lowest BCUT2D eigenvalue weighted by molar-refractivity contribution is 0.131. The molecule has 0 fully saturated rings. The van der Waals surface area contributed by atoms with Crippen molar-refractivity contribution in [3.05, 3.63) is 29.2 Å². The van der Waals surface area contributed by atoms with Gasteiger partial charge in [0.05, 0.1) is 18.5 Å². The topological polar surface area (TPSA) is 39.4 Å². The first-order chi connectivity index (χ1) is 6.81. The van der Waals surface area contributed by atoms with Crippen LogP contribution in [0.4, 0.5) is 0 Å². The lowest BCUT2D eigenvalue weighted by Crippen LogP contribution is -1.99. The molecule has 0 spiro atoms. The number of hydrogen-bond donors (Lipinski definition) is 0. The summed E-state index contributed by atoms with van der Waals surface area (Å²) in [5.41, 5.74) is 1.57. The Kier molecular flexibility index (Phi) is 2.65. The van der Waals surface area contributed by atoms with Crippen molar-refractivity contribution in [2.75, 3.05) is 6.61 Å². The minimum absolute atomic E-state index is 0.484. The lowest BCUT2D eigenvalue weighted by Gasteiger charge is -2.02. The third-order valence-electron chi connectivity index (χ3n) is 1.82. The van der Waals surface area contributed by atoms with Crippen LogP contribution in [0.25, 0.3) is 5.65 Å². The van der Waals surface area contributed by atoms with Gasteiger partial charge in [0.2, 0.25) is 0 Å². The van der Waals surface area contributed by atoms with E-state index in [1.54, 1.807) is 22.8 Å². The van der Waals surface area contributed by atoms with E-state index in [4.69, 9.17) is 16.3 Å². The van der Waals surface area contributed by atoms with Crippen LogP contribution < -0.4 is 0 Å². The number of hydrogen-bond acceptors (Lipinski definition) is 3. The van der Waals surface area contributed by atoms with Gasteiger partial charge in [-0.15, -0.1) is 0 Å². The molecule has 0 bridgehead atoms. The quantitative estimate of drug-likeness (QED) is 0.729. The van der Waals surface area contributed by atoms with E-state index >= 15 is 0 Å². The summed E-state index contributed by atoms with van der Waals surface area (Å²) in [4.78, 5) is 4.32. The molecule has 0 amide bonds. The Morgan fingerprint density at radius 2 is 2.43 bits per heavy atom. The molecule has 0 saturated heterocycles. The van der Waals surface area contributed by atoms with E-state index < -0.39 is 0 Å². The third kappa shape index (κ3) is 1.71. The second kappa shape index (κ2) is 3.94. The van der Waals surface area contributed by atoms with Crippen molar-refractivity contribution in [1.82, 2.24) is 14.6 Å². The molecule has 2 aromatic rings. The number of halogens is 1. The van der Waals surface area contributed by atoms with E-state index in [1.807, 2.05) is 6.92 Å². The Bertz CT molecular complexity index is 441. The van der Waals surface area contributed by atoms with Gasteiger partial charge in [-0.25, -0.2) is 9.50 Å². The lowest BCUT2D eigenvalue weighted by atomic mass is 10.4. The molecular formula is C9H10ClN3O. The van der Waals surface area contributed by atoms with Crippen LogP contribution in [-0.4, -0.2) is 21.2 Å². The Hall–Kier alpha value is -1.13. The summed E-state index contributed by atoms with van der Waals surface area (Å²) in [6, 6.07) is 3.57. The fraction of sp³-hybridized carbons (Fsp3) is 0.333. The van der Waals surface area contributed by atoms with Crippen LogP contribution in [0.3, 0.4) is 0 Å². The van der Waals surface area contributed by atoms with Crippen LogP contribution >= 0.6 is 11.6 Å². The molecular weight excluding hydrogens is 202 g/mol. The maximum Gasteiger partial charge on any atom is 0.157 e. The van der Waals surface area contributed by atoms with Gasteiger partial charge in [-0.1, -0.05) is 11.6 Å². The molecule has 0 aromatic carbocycles. The third-order valence-corrected chi connectivity index (χ3v) is 2.09. The molecule has 0 radical (unpaired) electrons. The molecule has 0 aliphatic heterocycles. The van der Waals surface area contributed by atoms with Gasteiger partial charge in [-0.2, -0.15) is 5.10 Å². The van der Waals surface area contributed by atoms with Crippen LogP contribution in [0, 0.1) is 0 Å². The number of fused-ring (bicyclic) bond motifs is 1. The Morgan fingerprint density at radius 1 is 1.57 bits per heavy atom. The van der Waals surface area contributed by atoms with Crippen LogP contribution in [-0.2, 0) is 11.3 Å². The summed E-state index contributed by atoms with van der Waals surface area (Å²) in [5.74, 6) is 0. The van der Waals surface area contributed by atoms with Gasteiger partial charge in [-0.05, 0) is 13.0 Å². The van der Waals surface area contributed by atoms with Crippen LogP contribution in [0.15, 0.2) is 18.3 Å². The molecule has 2 aromatic heterocycles. The molecule has 2 heterocycles. The summed E-state index contributed by atoms with van der Waals surface area (Å²) < 4.78 is 6.83. The highest BCUT2D eigenvalue weighted by Gasteiger charge is 2.03. The van der Waals surface area contributed by atoms with Crippen molar-refractivity contribution < 1.29 is 4.74 Å². The molecule has 5 heteroatoms. The van der Waals surface area contributed by atoms with Crippen molar-refractivity contribution in [2.45, 2.75) is 13.5 Å². The summed E-state index contributed by atoms with van der Waals surface area (Å²) in [6.45, 7) is 3.10. The molecule has 74 valence electrons. The summed E-state index contributed by atoms with van der Waals surface area (Å²) in [6.07, 6.45) is 1.67. The van der Waals surface area contributed by atoms with Gasteiger partial charge in [-0.3, -0.25) is 0 Å². The number of aromatic nitrogens is 3. The maximum atomic E-state index is 5.99. The number of ether oxygens (including phenoxy) is 1. The first-order valence-corrected chi connectivity index (χ1v) is 4.76. The molecule has 0 saturated carbocycles. The molecule has 0 aliphatic rings. The fourth-order valence-corrected chi connectivity index (χ4v) is 1.46. The zero-order chi connectivity index (χ0) is 9.97. The van der Waals surface area contributed by atoms with Crippen molar-refractivity contribution in [1.29, 1.82) is 0 Å². The highest BCUT2D eigenvalue weighted by Crippen LogP contribution is 2.12. The summed E-state index contributed by atoms with van der Waals surface area (Å²) >= 11 is 5.99. The standard InChI is InChI=1S/C9H10ClN3O/c1-2-14-6-7-5-8(10)13-9(12-7)3-4-11-13/h3-5H,2,6H2,1H3. The van der Waals surface area contributed by atoms with E-state index in [2.05, 4.69) is 10.1 Å². The summed E-state index contributed by atoms with van der Waals surface area (Å²) in [7, 11) is 0. The Labute approximate surface area is 86.5 Å². The van der Waals surface area contributed by atoms with Crippen LogP contribution in [0.1, 0.15) is 12.6 Å². The Morgan fingerprint density at radius 3 is 3.21 bits per heavy atom. The van der Waals surface area contributed by atoms with Crippen molar-refractivity contribution in [3.63, 3.8) is 0 Å². The molecule has 0 unspecified atom stereocenters. The highest BCUT2D eigenvalue weighted by molar-refractivity contribution is 6.29. The predicted octanol–water partition coefficient (Wildman–Crippen LogP) is 1.92. The van der Waals surface area contributed by atoms with E-state index in [9.17, 15) is 0 Å². The average molecular weight is 212 g/mol. The van der Waals surface area contributed by atoms with Crippen molar-refractivity contribution >= 4 is 17.2 Å². The molecule has 14 heavy (non-hydrogen) atoms. The van der Waals surface area contributed by atoms with Crippen molar-refractivity contribution in [3.8, 4) is 0 Å². The maximum absolute atomic E-state index is 5.99. The van der Waals surface area contributed by atoms with E-state index in [0.29, 0.717) is 18.4 Å². The zero-order valence-corrected chi connectivity index (χ0v) is 8.53. The molecule has 0 N–H and O–H groups in total. The SMILES string of the molecule is CCOCc1cc(Cl)n2nccc2n1. The smallest absolute Gasteiger partial charge is 0.157 e. The molecule has 2 rings (SSSR count). The monoisotopic (exact) mass is 211 g/mol. The largest absolute Gasteiger partial charge is 0.375 e. The van der Waals surface area contributed by atoms with Gasteiger partial charge >= 0.3 is 0 Å². The van der Waals surface area contributed by atoms with Gasteiger partial charge in [0.15, 0.2) is 5.65 Å². The van der Waals surface area contributed by atoms with Crippen molar-refractivity contribution in [2.24, 2.45) is 0 Å². The van der Waals surface area contributed by atoms with E-state index in [0.717, 1.165) is 11.3 Å². The highest BCUT2D eigenvalue weighted by atomic mass is 35.5.